The highest BCUT2D eigenvalue weighted by molar-refractivity contribution is 5.94. The predicted octanol–water partition coefficient (Wildman–Crippen LogP) is 1.25. The third-order valence-electron chi connectivity index (χ3n) is 2.28. The third kappa shape index (κ3) is 3.45. The van der Waals surface area contributed by atoms with Gasteiger partial charge < -0.3 is 10.4 Å². The van der Waals surface area contributed by atoms with Gasteiger partial charge in [0.1, 0.15) is 0 Å². The zero-order chi connectivity index (χ0) is 13.1. The molecule has 0 saturated heterocycles. The lowest BCUT2D eigenvalue weighted by molar-refractivity contribution is 0.0894. The molecular weight excluding hydrogens is 230 g/mol. The van der Waals surface area contributed by atoms with E-state index in [1.54, 1.807) is 13.8 Å². The molecule has 0 spiro atoms. The normalized spacial score (nSPS) is 11.4. The smallest absolute Gasteiger partial charge is 0.254 e. The summed E-state index contributed by atoms with van der Waals surface area (Å²) < 4.78 is 26.1. The van der Waals surface area contributed by atoms with Gasteiger partial charge in [0, 0.05) is 18.3 Å². The van der Waals surface area contributed by atoms with Crippen LogP contribution in [0.1, 0.15) is 30.6 Å². The highest BCUT2D eigenvalue weighted by Gasteiger charge is 2.23. The van der Waals surface area contributed by atoms with E-state index in [9.17, 15) is 13.6 Å². The van der Waals surface area contributed by atoms with Gasteiger partial charge in [-0.15, -0.1) is 0 Å². The second-order valence-electron chi connectivity index (χ2n) is 4.27. The minimum Gasteiger partial charge on any atom is -0.396 e. The Labute approximate surface area is 97.7 Å². The molecule has 1 heterocycles. The van der Waals surface area contributed by atoms with Crippen LogP contribution in [0.3, 0.4) is 0 Å². The summed E-state index contributed by atoms with van der Waals surface area (Å²) in [6, 6.07) is 1.10. The molecule has 0 aromatic carbocycles. The van der Waals surface area contributed by atoms with Crippen LogP contribution in [0.15, 0.2) is 12.3 Å². The highest BCUT2D eigenvalue weighted by Crippen LogP contribution is 2.12. The van der Waals surface area contributed by atoms with Crippen LogP contribution in [0.4, 0.5) is 8.78 Å². The van der Waals surface area contributed by atoms with Crippen LogP contribution in [-0.2, 0) is 0 Å². The molecule has 1 aromatic heterocycles. The Bertz CT molecular complexity index is 422. The van der Waals surface area contributed by atoms with Crippen LogP contribution in [0.5, 0.6) is 0 Å². The van der Waals surface area contributed by atoms with Gasteiger partial charge in [-0.3, -0.25) is 4.79 Å². The van der Waals surface area contributed by atoms with E-state index in [-0.39, 0.29) is 6.61 Å². The molecule has 0 radical (unpaired) electrons. The van der Waals surface area contributed by atoms with Crippen molar-refractivity contribution >= 4 is 5.91 Å². The van der Waals surface area contributed by atoms with Crippen LogP contribution >= 0.6 is 0 Å². The zero-order valence-corrected chi connectivity index (χ0v) is 9.63. The molecule has 0 unspecified atom stereocenters. The molecule has 0 fully saturated rings. The molecule has 1 amide bonds. The lowest BCUT2D eigenvalue weighted by Crippen LogP contribution is -2.44. The minimum absolute atomic E-state index is 0.111. The first-order valence-electron chi connectivity index (χ1n) is 5.11. The van der Waals surface area contributed by atoms with Crippen molar-refractivity contribution in [1.29, 1.82) is 0 Å². The maximum absolute atomic E-state index is 13.3. The van der Waals surface area contributed by atoms with Gasteiger partial charge in [-0.1, -0.05) is 0 Å². The van der Waals surface area contributed by atoms with Crippen LogP contribution in [0.25, 0.3) is 0 Å². The number of aliphatic hydroxyl groups excluding tert-OH is 1. The summed E-state index contributed by atoms with van der Waals surface area (Å²) in [5, 5.41) is 11.3. The summed E-state index contributed by atoms with van der Waals surface area (Å²) in [6.45, 7) is 3.24. The molecule has 0 aliphatic carbocycles. The number of aromatic nitrogens is 1. The molecule has 2 N–H and O–H groups in total. The van der Waals surface area contributed by atoms with Gasteiger partial charge in [0.05, 0.1) is 5.56 Å². The number of pyridine rings is 1. The number of hydrogen-bond donors (Lipinski definition) is 2. The van der Waals surface area contributed by atoms with E-state index in [1.807, 2.05) is 0 Å². The number of amides is 1. The standard InChI is InChI=1S/C11H14F2N2O2/c1-11(2,4-6-16)15-10(17)7-3-5-14-9(13)8(7)12/h3,5,16H,4,6H2,1-2H3,(H,15,17). The summed E-state index contributed by atoms with van der Waals surface area (Å²) in [5.41, 5.74) is -1.10. The fourth-order valence-corrected chi connectivity index (χ4v) is 1.31. The van der Waals surface area contributed by atoms with Crippen LogP contribution in [-0.4, -0.2) is 28.1 Å². The maximum atomic E-state index is 13.3. The molecule has 0 aliphatic heterocycles. The average Bonchev–Trinajstić information content (AvgIpc) is 2.21. The van der Waals surface area contributed by atoms with Gasteiger partial charge in [0.15, 0.2) is 5.82 Å². The molecule has 4 nitrogen and oxygen atoms in total. The van der Waals surface area contributed by atoms with Crippen molar-refractivity contribution < 1.29 is 18.7 Å². The monoisotopic (exact) mass is 244 g/mol. The summed E-state index contributed by atoms with van der Waals surface area (Å²) in [6.07, 6.45) is 1.33. The van der Waals surface area contributed by atoms with Crippen LogP contribution < -0.4 is 5.32 Å². The lowest BCUT2D eigenvalue weighted by atomic mass is 10.0. The molecule has 0 saturated carbocycles. The zero-order valence-electron chi connectivity index (χ0n) is 9.63. The molecule has 1 rings (SSSR count). The Morgan fingerprint density at radius 2 is 2.18 bits per heavy atom. The second kappa shape index (κ2) is 5.18. The SMILES string of the molecule is CC(C)(CCO)NC(=O)c1ccnc(F)c1F. The van der Waals surface area contributed by atoms with Crippen molar-refractivity contribution in [1.82, 2.24) is 10.3 Å². The van der Waals surface area contributed by atoms with E-state index in [4.69, 9.17) is 5.11 Å². The highest BCUT2D eigenvalue weighted by atomic mass is 19.2. The number of carbonyl (C=O) groups excluding carboxylic acids is 1. The fraction of sp³-hybridized carbons (Fsp3) is 0.455. The molecule has 0 aliphatic rings. The van der Waals surface area contributed by atoms with Gasteiger partial charge in [-0.2, -0.15) is 4.39 Å². The van der Waals surface area contributed by atoms with Crippen molar-refractivity contribution in [2.45, 2.75) is 25.8 Å². The summed E-state index contributed by atoms with van der Waals surface area (Å²) in [4.78, 5) is 14.8. The first-order valence-corrected chi connectivity index (χ1v) is 5.11. The predicted molar refractivity (Wildman–Crippen MR) is 57.4 cm³/mol. The van der Waals surface area contributed by atoms with E-state index in [0.717, 1.165) is 12.3 Å². The van der Waals surface area contributed by atoms with Gasteiger partial charge in [-0.05, 0) is 26.3 Å². The molecule has 1 aromatic rings. The van der Waals surface area contributed by atoms with Crippen molar-refractivity contribution in [3.63, 3.8) is 0 Å². The number of nitrogens with zero attached hydrogens (tertiary/aromatic N) is 1. The van der Waals surface area contributed by atoms with E-state index in [0.29, 0.717) is 6.42 Å². The lowest BCUT2D eigenvalue weighted by Gasteiger charge is -2.25. The fourth-order valence-electron chi connectivity index (χ4n) is 1.31. The van der Waals surface area contributed by atoms with Crippen molar-refractivity contribution in [3.05, 3.63) is 29.6 Å². The number of carbonyl (C=O) groups is 1. The first-order chi connectivity index (χ1) is 7.87. The topological polar surface area (TPSA) is 62.2 Å². The van der Waals surface area contributed by atoms with E-state index >= 15 is 0 Å². The van der Waals surface area contributed by atoms with E-state index in [1.165, 1.54) is 0 Å². The molecule has 94 valence electrons. The molecule has 0 atom stereocenters. The Balaban J connectivity index is 2.87. The average molecular weight is 244 g/mol. The number of rotatable bonds is 4. The Morgan fingerprint density at radius 3 is 2.76 bits per heavy atom. The van der Waals surface area contributed by atoms with Crippen molar-refractivity contribution in [2.24, 2.45) is 0 Å². The Kier molecular flexibility index (Phi) is 4.11. The van der Waals surface area contributed by atoms with E-state index < -0.39 is 28.8 Å². The van der Waals surface area contributed by atoms with Crippen LogP contribution in [0.2, 0.25) is 0 Å². The van der Waals surface area contributed by atoms with E-state index in [2.05, 4.69) is 10.3 Å². The van der Waals surface area contributed by atoms with Crippen molar-refractivity contribution in [2.75, 3.05) is 6.61 Å². The summed E-state index contributed by atoms with van der Waals surface area (Å²) >= 11 is 0. The largest absolute Gasteiger partial charge is 0.396 e. The van der Waals surface area contributed by atoms with Crippen LogP contribution in [0, 0.1) is 11.8 Å². The number of nitrogens with one attached hydrogen (secondary N) is 1. The van der Waals surface area contributed by atoms with Gasteiger partial charge in [-0.25, -0.2) is 9.37 Å². The summed E-state index contributed by atoms with van der Waals surface area (Å²) in [7, 11) is 0. The first kappa shape index (κ1) is 13.5. The second-order valence-corrected chi connectivity index (χ2v) is 4.27. The molecule has 17 heavy (non-hydrogen) atoms. The Hall–Kier alpha value is -1.56. The summed E-state index contributed by atoms with van der Waals surface area (Å²) in [5.74, 6) is -3.32. The van der Waals surface area contributed by atoms with Crippen molar-refractivity contribution in [3.8, 4) is 0 Å². The number of hydrogen-bond acceptors (Lipinski definition) is 3. The molecule has 0 bridgehead atoms. The van der Waals surface area contributed by atoms with Gasteiger partial charge in [0.2, 0.25) is 5.95 Å². The Morgan fingerprint density at radius 1 is 1.53 bits per heavy atom. The molecular formula is C11H14F2N2O2. The van der Waals surface area contributed by atoms with Gasteiger partial charge >= 0.3 is 0 Å². The molecule has 6 heteroatoms. The number of halogens is 2. The minimum atomic E-state index is -1.31. The third-order valence-corrected chi connectivity index (χ3v) is 2.28. The quantitative estimate of drug-likeness (QED) is 0.783. The maximum Gasteiger partial charge on any atom is 0.254 e. The number of aliphatic hydroxyl groups is 1. The van der Waals surface area contributed by atoms with Gasteiger partial charge in [0.25, 0.3) is 5.91 Å².